The maximum absolute atomic E-state index is 5.36. The SMILES string of the molecule is Cc1cc(-c2cnc(NCC3CCC3)nc2C(C)C)on1. The third-order valence-electron chi connectivity index (χ3n) is 4.03. The first-order valence-corrected chi connectivity index (χ1v) is 7.68. The van der Waals surface area contributed by atoms with Crippen LogP contribution in [0.5, 0.6) is 0 Å². The minimum atomic E-state index is 0.303. The Morgan fingerprint density at radius 1 is 1.38 bits per heavy atom. The highest BCUT2D eigenvalue weighted by Crippen LogP contribution is 2.29. The zero-order valence-electron chi connectivity index (χ0n) is 12.9. The second-order valence-electron chi connectivity index (χ2n) is 6.16. The Kier molecular flexibility index (Phi) is 3.90. The van der Waals surface area contributed by atoms with Crippen LogP contribution in [0.25, 0.3) is 11.3 Å². The molecule has 0 radical (unpaired) electrons. The van der Waals surface area contributed by atoms with Crippen LogP contribution >= 0.6 is 0 Å². The summed E-state index contributed by atoms with van der Waals surface area (Å²) < 4.78 is 5.36. The van der Waals surface area contributed by atoms with Gasteiger partial charge in [-0.1, -0.05) is 25.4 Å². The van der Waals surface area contributed by atoms with E-state index in [1.54, 1.807) is 0 Å². The molecule has 0 amide bonds. The van der Waals surface area contributed by atoms with Crippen molar-refractivity contribution in [3.05, 3.63) is 23.7 Å². The van der Waals surface area contributed by atoms with Crippen LogP contribution in [0.3, 0.4) is 0 Å². The molecular weight excluding hydrogens is 264 g/mol. The average molecular weight is 286 g/mol. The number of aryl methyl sites for hydroxylation is 1. The summed E-state index contributed by atoms with van der Waals surface area (Å²) >= 11 is 0. The van der Waals surface area contributed by atoms with Crippen LogP contribution in [-0.4, -0.2) is 21.7 Å². The highest BCUT2D eigenvalue weighted by atomic mass is 16.5. The lowest BCUT2D eigenvalue weighted by Gasteiger charge is -2.25. The topological polar surface area (TPSA) is 63.8 Å². The molecule has 0 aliphatic heterocycles. The van der Waals surface area contributed by atoms with Gasteiger partial charge >= 0.3 is 0 Å². The lowest BCUT2D eigenvalue weighted by molar-refractivity contribution is 0.333. The summed E-state index contributed by atoms with van der Waals surface area (Å²) in [6, 6.07) is 1.92. The fraction of sp³-hybridized carbons (Fsp3) is 0.562. The van der Waals surface area contributed by atoms with Crippen LogP contribution in [0.4, 0.5) is 5.95 Å². The van der Waals surface area contributed by atoms with Crippen molar-refractivity contribution in [2.45, 2.75) is 46.0 Å². The maximum Gasteiger partial charge on any atom is 0.222 e. The number of aromatic nitrogens is 3. The van der Waals surface area contributed by atoms with E-state index >= 15 is 0 Å². The third-order valence-corrected chi connectivity index (χ3v) is 4.03. The molecule has 1 aliphatic rings. The molecule has 112 valence electrons. The minimum absolute atomic E-state index is 0.303. The molecule has 2 aromatic rings. The lowest BCUT2D eigenvalue weighted by Crippen LogP contribution is -2.22. The number of hydrogen-bond acceptors (Lipinski definition) is 5. The molecule has 1 saturated carbocycles. The molecule has 5 heteroatoms. The summed E-state index contributed by atoms with van der Waals surface area (Å²) in [5.74, 6) is 2.54. The van der Waals surface area contributed by atoms with Crippen LogP contribution in [0.15, 0.2) is 16.8 Å². The van der Waals surface area contributed by atoms with E-state index in [9.17, 15) is 0 Å². The minimum Gasteiger partial charge on any atom is -0.356 e. The predicted octanol–water partition coefficient (Wildman–Crippen LogP) is 3.78. The number of nitrogens with zero attached hydrogens (tertiary/aromatic N) is 3. The van der Waals surface area contributed by atoms with Gasteiger partial charge in [-0.15, -0.1) is 0 Å². The van der Waals surface area contributed by atoms with Crippen LogP contribution in [0.1, 0.15) is 50.4 Å². The average Bonchev–Trinajstić information content (AvgIpc) is 2.83. The maximum atomic E-state index is 5.36. The van der Waals surface area contributed by atoms with E-state index in [0.717, 1.165) is 35.2 Å². The molecule has 1 fully saturated rings. The Labute approximate surface area is 125 Å². The van der Waals surface area contributed by atoms with Gasteiger partial charge in [0.2, 0.25) is 5.95 Å². The van der Waals surface area contributed by atoms with E-state index in [1.807, 2.05) is 19.2 Å². The second-order valence-corrected chi connectivity index (χ2v) is 6.16. The molecule has 5 nitrogen and oxygen atoms in total. The predicted molar refractivity (Wildman–Crippen MR) is 82.2 cm³/mol. The molecule has 21 heavy (non-hydrogen) atoms. The van der Waals surface area contributed by atoms with Gasteiger partial charge in [0.15, 0.2) is 5.76 Å². The first-order chi connectivity index (χ1) is 10.1. The molecule has 0 bridgehead atoms. The standard InChI is InChI=1S/C16H22N4O/c1-10(2)15-13(14-7-11(3)20-21-14)9-18-16(19-15)17-8-12-5-4-6-12/h7,9-10,12H,4-6,8H2,1-3H3,(H,17,18,19). The summed E-state index contributed by atoms with van der Waals surface area (Å²) in [5, 5.41) is 7.31. The summed E-state index contributed by atoms with van der Waals surface area (Å²) in [6.07, 6.45) is 5.83. The van der Waals surface area contributed by atoms with Crippen molar-refractivity contribution in [2.75, 3.05) is 11.9 Å². The molecule has 0 unspecified atom stereocenters. The first-order valence-electron chi connectivity index (χ1n) is 7.68. The van der Waals surface area contributed by atoms with Gasteiger partial charge < -0.3 is 9.84 Å². The van der Waals surface area contributed by atoms with Gasteiger partial charge in [-0.05, 0) is 31.6 Å². The van der Waals surface area contributed by atoms with Gasteiger partial charge in [0.05, 0.1) is 17.0 Å². The molecule has 1 N–H and O–H groups in total. The van der Waals surface area contributed by atoms with E-state index in [2.05, 4.69) is 34.3 Å². The summed E-state index contributed by atoms with van der Waals surface area (Å²) in [7, 11) is 0. The fourth-order valence-electron chi connectivity index (χ4n) is 2.53. The van der Waals surface area contributed by atoms with E-state index in [0.29, 0.717) is 11.9 Å². The molecule has 3 rings (SSSR count). The van der Waals surface area contributed by atoms with Crippen LogP contribution in [0.2, 0.25) is 0 Å². The summed E-state index contributed by atoms with van der Waals surface area (Å²) in [6.45, 7) is 7.14. The van der Waals surface area contributed by atoms with Crippen LogP contribution < -0.4 is 5.32 Å². The van der Waals surface area contributed by atoms with Gasteiger partial charge in [-0.25, -0.2) is 9.97 Å². The Bertz CT molecular complexity index is 616. The van der Waals surface area contributed by atoms with Crippen molar-refractivity contribution >= 4 is 5.95 Å². The zero-order valence-corrected chi connectivity index (χ0v) is 12.9. The van der Waals surface area contributed by atoms with E-state index in [4.69, 9.17) is 4.52 Å². The Morgan fingerprint density at radius 3 is 2.76 bits per heavy atom. The number of anilines is 1. The van der Waals surface area contributed by atoms with E-state index in [1.165, 1.54) is 19.3 Å². The largest absolute Gasteiger partial charge is 0.356 e. The number of nitrogens with one attached hydrogen (secondary N) is 1. The number of hydrogen-bond donors (Lipinski definition) is 1. The molecule has 2 heterocycles. The smallest absolute Gasteiger partial charge is 0.222 e. The third kappa shape index (κ3) is 3.06. The Hall–Kier alpha value is -1.91. The quantitative estimate of drug-likeness (QED) is 0.906. The Balaban J connectivity index is 1.83. The van der Waals surface area contributed by atoms with Crippen molar-refractivity contribution in [1.82, 2.24) is 15.1 Å². The van der Waals surface area contributed by atoms with Crippen LogP contribution in [0, 0.1) is 12.8 Å². The molecule has 0 spiro atoms. The molecule has 1 aliphatic carbocycles. The molecular formula is C16H22N4O. The van der Waals surface area contributed by atoms with Crippen molar-refractivity contribution in [1.29, 1.82) is 0 Å². The van der Waals surface area contributed by atoms with E-state index < -0.39 is 0 Å². The zero-order chi connectivity index (χ0) is 14.8. The van der Waals surface area contributed by atoms with E-state index in [-0.39, 0.29) is 0 Å². The summed E-state index contributed by atoms with van der Waals surface area (Å²) in [5.41, 5.74) is 2.80. The normalized spacial score (nSPS) is 15.2. The van der Waals surface area contributed by atoms with Gasteiger partial charge in [-0.2, -0.15) is 0 Å². The van der Waals surface area contributed by atoms with Gasteiger partial charge in [0.25, 0.3) is 0 Å². The van der Waals surface area contributed by atoms with Crippen molar-refractivity contribution in [2.24, 2.45) is 5.92 Å². The van der Waals surface area contributed by atoms with Crippen molar-refractivity contribution in [3.63, 3.8) is 0 Å². The molecule has 0 saturated heterocycles. The van der Waals surface area contributed by atoms with Gasteiger partial charge in [0.1, 0.15) is 0 Å². The van der Waals surface area contributed by atoms with Crippen LogP contribution in [-0.2, 0) is 0 Å². The highest BCUT2D eigenvalue weighted by molar-refractivity contribution is 5.61. The van der Waals surface area contributed by atoms with Gasteiger partial charge in [-0.3, -0.25) is 0 Å². The Morgan fingerprint density at radius 2 is 2.19 bits per heavy atom. The van der Waals surface area contributed by atoms with Crippen molar-refractivity contribution < 1.29 is 4.52 Å². The van der Waals surface area contributed by atoms with Gasteiger partial charge in [0, 0.05) is 18.8 Å². The lowest BCUT2D eigenvalue weighted by atomic mass is 9.85. The monoisotopic (exact) mass is 286 g/mol. The number of rotatable bonds is 5. The fourth-order valence-corrected chi connectivity index (χ4v) is 2.53. The molecule has 2 aromatic heterocycles. The summed E-state index contributed by atoms with van der Waals surface area (Å²) in [4.78, 5) is 9.11. The molecule has 0 aromatic carbocycles. The first kappa shape index (κ1) is 14.0. The van der Waals surface area contributed by atoms with Crippen molar-refractivity contribution in [3.8, 4) is 11.3 Å². The second kappa shape index (κ2) is 5.84. The molecule has 0 atom stereocenters. The highest BCUT2D eigenvalue weighted by Gasteiger charge is 2.19.